The van der Waals surface area contributed by atoms with Crippen molar-refractivity contribution < 1.29 is 9.53 Å². The molecule has 1 amide bonds. The number of rotatable bonds is 9. The van der Waals surface area contributed by atoms with Gasteiger partial charge in [-0.2, -0.15) is 0 Å². The van der Waals surface area contributed by atoms with Gasteiger partial charge in [0.05, 0.1) is 7.11 Å². The van der Waals surface area contributed by atoms with Gasteiger partial charge >= 0.3 is 0 Å². The fraction of sp³-hybridized carbons (Fsp3) is 0.409. The summed E-state index contributed by atoms with van der Waals surface area (Å²) in [5.41, 5.74) is 2.51. The van der Waals surface area contributed by atoms with Crippen molar-refractivity contribution in [1.29, 1.82) is 0 Å². The number of methoxy groups -OCH3 is 1. The number of benzene rings is 2. The number of hydrogen-bond donors (Lipinski definition) is 1. The third-order valence-corrected chi connectivity index (χ3v) is 5.05. The minimum atomic E-state index is 0.293. The number of ether oxygens (including phenoxy) is 1. The zero-order valence-corrected chi connectivity index (χ0v) is 15.5. The van der Waals surface area contributed by atoms with Crippen LogP contribution in [0.4, 0.5) is 0 Å². The van der Waals surface area contributed by atoms with Crippen molar-refractivity contribution >= 4 is 5.91 Å². The lowest BCUT2D eigenvalue weighted by Crippen LogP contribution is -2.36. The normalized spacial score (nSPS) is 16.9. The molecule has 2 aromatic carbocycles. The predicted octanol–water partition coefficient (Wildman–Crippen LogP) is 3.41. The van der Waals surface area contributed by atoms with E-state index in [1.54, 1.807) is 7.11 Å². The molecule has 0 spiro atoms. The quantitative estimate of drug-likeness (QED) is 0.703. The molecule has 4 heteroatoms. The van der Waals surface area contributed by atoms with E-state index in [1.807, 2.05) is 18.2 Å². The van der Waals surface area contributed by atoms with Crippen molar-refractivity contribution in [2.45, 2.75) is 38.3 Å². The van der Waals surface area contributed by atoms with Gasteiger partial charge in [0.2, 0.25) is 5.91 Å². The Bertz CT molecular complexity index is 702. The van der Waals surface area contributed by atoms with Crippen LogP contribution < -0.4 is 10.1 Å². The van der Waals surface area contributed by atoms with Gasteiger partial charge in [-0.15, -0.1) is 0 Å². The first-order chi connectivity index (χ1) is 12.8. The lowest BCUT2D eigenvalue weighted by Gasteiger charge is -2.25. The maximum absolute atomic E-state index is 12.3. The number of carbonyl (C=O) groups excluding carboxylic acids is 1. The largest absolute Gasteiger partial charge is 0.497 e. The first-order valence-corrected chi connectivity index (χ1v) is 9.43. The summed E-state index contributed by atoms with van der Waals surface area (Å²) in [6.45, 7) is 2.60. The lowest BCUT2D eigenvalue weighted by molar-refractivity contribution is -0.129. The highest BCUT2D eigenvalue weighted by molar-refractivity contribution is 5.78. The van der Waals surface area contributed by atoms with Crippen molar-refractivity contribution in [2.75, 3.05) is 20.2 Å². The van der Waals surface area contributed by atoms with Crippen molar-refractivity contribution in [3.8, 4) is 5.75 Å². The minimum absolute atomic E-state index is 0.293. The van der Waals surface area contributed by atoms with Crippen molar-refractivity contribution in [3.05, 3.63) is 65.7 Å². The van der Waals surface area contributed by atoms with E-state index in [1.165, 1.54) is 11.1 Å². The molecule has 1 unspecified atom stereocenters. The Morgan fingerprint density at radius 1 is 1.12 bits per heavy atom. The summed E-state index contributed by atoms with van der Waals surface area (Å²) < 4.78 is 5.28. The van der Waals surface area contributed by atoms with Crippen LogP contribution in [0.2, 0.25) is 0 Å². The van der Waals surface area contributed by atoms with Crippen molar-refractivity contribution in [1.82, 2.24) is 10.2 Å². The fourth-order valence-electron chi connectivity index (χ4n) is 3.58. The van der Waals surface area contributed by atoms with E-state index < -0.39 is 0 Å². The number of hydrogen-bond acceptors (Lipinski definition) is 3. The zero-order valence-electron chi connectivity index (χ0n) is 15.5. The van der Waals surface area contributed by atoms with Crippen LogP contribution in [0, 0.1) is 0 Å². The van der Waals surface area contributed by atoms with Gasteiger partial charge in [0.25, 0.3) is 0 Å². The Morgan fingerprint density at radius 2 is 1.92 bits per heavy atom. The molecule has 1 aliphatic heterocycles. The summed E-state index contributed by atoms with van der Waals surface area (Å²) in [4.78, 5) is 14.3. The molecule has 0 bridgehead atoms. The SMILES string of the molecule is COc1cccc(CCN2C(=O)CCC2CCNCc2ccccc2)c1. The number of nitrogens with one attached hydrogen (secondary N) is 1. The Labute approximate surface area is 156 Å². The monoisotopic (exact) mass is 352 g/mol. The average Bonchev–Trinajstić information content (AvgIpc) is 3.04. The van der Waals surface area contributed by atoms with Crippen molar-refractivity contribution in [2.24, 2.45) is 0 Å². The third-order valence-electron chi connectivity index (χ3n) is 5.05. The summed E-state index contributed by atoms with van der Waals surface area (Å²) >= 11 is 0. The van der Waals surface area contributed by atoms with Gasteiger partial charge in [0.15, 0.2) is 0 Å². The smallest absolute Gasteiger partial charge is 0.222 e. The van der Waals surface area contributed by atoms with Crippen LogP contribution in [0.3, 0.4) is 0 Å². The van der Waals surface area contributed by atoms with E-state index in [0.717, 1.165) is 44.6 Å². The summed E-state index contributed by atoms with van der Waals surface area (Å²) in [5.74, 6) is 1.16. The van der Waals surface area contributed by atoms with E-state index >= 15 is 0 Å². The van der Waals surface area contributed by atoms with E-state index in [2.05, 4.69) is 46.6 Å². The summed E-state index contributed by atoms with van der Waals surface area (Å²) in [6.07, 6.45) is 3.54. The third kappa shape index (κ3) is 5.09. The van der Waals surface area contributed by atoms with E-state index in [0.29, 0.717) is 18.4 Å². The Balaban J connectivity index is 1.45. The van der Waals surface area contributed by atoms with Crippen molar-refractivity contribution in [3.63, 3.8) is 0 Å². The highest BCUT2D eigenvalue weighted by Crippen LogP contribution is 2.22. The van der Waals surface area contributed by atoms with Gasteiger partial charge in [0, 0.05) is 25.6 Å². The van der Waals surface area contributed by atoms with Gasteiger partial charge in [-0.25, -0.2) is 0 Å². The number of nitrogens with zero attached hydrogens (tertiary/aromatic N) is 1. The molecule has 3 rings (SSSR count). The highest BCUT2D eigenvalue weighted by Gasteiger charge is 2.29. The average molecular weight is 352 g/mol. The second-order valence-corrected chi connectivity index (χ2v) is 6.83. The van der Waals surface area contributed by atoms with E-state index in [4.69, 9.17) is 4.74 Å². The van der Waals surface area contributed by atoms with Crippen LogP contribution in [-0.2, 0) is 17.8 Å². The van der Waals surface area contributed by atoms with Gasteiger partial charge in [-0.3, -0.25) is 4.79 Å². The van der Waals surface area contributed by atoms with Crippen LogP contribution >= 0.6 is 0 Å². The minimum Gasteiger partial charge on any atom is -0.497 e. The molecule has 1 saturated heterocycles. The molecule has 1 heterocycles. The fourth-order valence-corrected chi connectivity index (χ4v) is 3.58. The molecule has 0 aromatic heterocycles. The van der Waals surface area contributed by atoms with E-state index in [-0.39, 0.29) is 0 Å². The lowest BCUT2D eigenvalue weighted by atomic mass is 10.1. The van der Waals surface area contributed by atoms with Crippen LogP contribution in [0.15, 0.2) is 54.6 Å². The maximum Gasteiger partial charge on any atom is 0.222 e. The number of carbonyl (C=O) groups is 1. The van der Waals surface area contributed by atoms with Crippen LogP contribution in [0.5, 0.6) is 5.75 Å². The molecule has 4 nitrogen and oxygen atoms in total. The first-order valence-electron chi connectivity index (χ1n) is 9.43. The van der Waals surface area contributed by atoms with Crippen LogP contribution in [0.25, 0.3) is 0 Å². The molecule has 0 saturated carbocycles. The Hall–Kier alpha value is -2.33. The Morgan fingerprint density at radius 3 is 2.73 bits per heavy atom. The molecule has 0 radical (unpaired) electrons. The maximum atomic E-state index is 12.3. The molecule has 1 N–H and O–H groups in total. The molecular formula is C22H28N2O2. The molecule has 2 aromatic rings. The van der Waals surface area contributed by atoms with Gasteiger partial charge in [0.1, 0.15) is 5.75 Å². The molecule has 1 fully saturated rings. The van der Waals surface area contributed by atoms with Crippen LogP contribution in [-0.4, -0.2) is 37.0 Å². The summed E-state index contributed by atoms with van der Waals surface area (Å²) in [5, 5.41) is 3.50. The number of amides is 1. The number of likely N-dealkylation sites (tertiary alicyclic amines) is 1. The second kappa shape index (κ2) is 9.39. The molecular weight excluding hydrogens is 324 g/mol. The zero-order chi connectivity index (χ0) is 18.2. The van der Waals surface area contributed by atoms with E-state index in [9.17, 15) is 4.79 Å². The highest BCUT2D eigenvalue weighted by atomic mass is 16.5. The summed E-state index contributed by atoms with van der Waals surface area (Å²) in [7, 11) is 1.68. The molecule has 0 aliphatic carbocycles. The molecule has 1 atom stereocenters. The summed E-state index contributed by atoms with van der Waals surface area (Å²) in [6, 6.07) is 18.9. The predicted molar refractivity (Wildman–Crippen MR) is 104 cm³/mol. The second-order valence-electron chi connectivity index (χ2n) is 6.83. The standard InChI is InChI=1S/C22H28N2O2/c1-26-21-9-5-8-18(16-21)13-15-24-20(10-11-22(24)25)12-14-23-17-19-6-3-2-4-7-19/h2-9,16,20,23H,10-15,17H2,1H3. The van der Waals surface area contributed by atoms with Gasteiger partial charge < -0.3 is 15.0 Å². The topological polar surface area (TPSA) is 41.6 Å². The Kier molecular flexibility index (Phi) is 6.67. The first kappa shape index (κ1) is 18.5. The molecule has 26 heavy (non-hydrogen) atoms. The molecule has 138 valence electrons. The van der Waals surface area contributed by atoms with Crippen LogP contribution in [0.1, 0.15) is 30.4 Å². The van der Waals surface area contributed by atoms with Gasteiger partial charge in [-0.1, -0.05) is 42.5 Å². The van der Waals surface area contributed by atoms with Gasteiger partial charge in [-0.05, 0) is 49.1 Å². The molecule has 1 aliphatic rings.